The van der Waals surface area contributed by atoms with Crippen molar-refractivity contribution in [1.29, 1.82) is 0 Å². The van der Waals surface area contributed by atoms with E-state index in [-0.39, 0.29) is 18.2 Å². The molecule has 2 atom stereocenters. The summed E-state index contributed by atoms with van der Waals surface area (Å²) >= 11 is 0. The second-order valence-electron chi connectivity index (χ2n) is 4.34. The molecule has 0 heterocycles. The molecular weight excluding hydrogens is 232 g/mol. The number of hydrogen-bond acceptors (Lipinski definition) is 3. The number of aliphatic carboxylic acids is 1. The highest BCUT2D eigenvalue weighted by Gasteiger charge is 2.16. The molecule has 0 bridgehead atoms. The first-order valence-electron chi connectivity index (χ1n) is 5.80. The van der Waals surface area contributed by atoms with Crippen LogP contribution < -0.4 is 11.1 Å². The molecule has 0 fully saturated rings. The van der Waals surface area contributed by atoms with Crippen molar-refractivity contribution in [2.45, 2.75) is 19.4 Å². The van der Waals surface area contributed by atoms with E-state index in [9.17, 15) is 9.59 Å². The zero-order valence-corrected chi connectivity index (χ0v) is 10.3. The third-order valence-corrected chi connectivity index (χ3v) is 2.59. The molecule has 18 heavy (non-hydrogen) atoms. The first kappa shape index (κ1) is 14.2. The molecule has 0 saturated heterocycles. The van der Waals surface area contributed by atoms with E-state index in [1.54, 1.807) is 19.1 Å². The molecule has 1 amide bonds. The van der Waals surface area contributed by atoms with Gasteiger partial charge in [0.15, 0.2) is 0 Å². The van der Waals surface area contributed by atoms with Crippen molar-refractivity contribution in [2.24, 2.45) is 11.7 Å². The topological polar surface area (TPSA) is 92.4 Å². The summed E-state index contributed by atoms with van der Waals surface area (Å²) in [5.74, 6) is -1.28. The van der Waals surface area contributed by atoms with E-state index < -0.39 is 12.0 Å². The Balaban J connectivity index is 2.44. The van der Waals surface area contributed by atoms with E-state index in [0.717, 1.165) is 5.56 Å². The molecule has 0 spiro atoms. The summed E-state index contributed by atoms with van der Waals surface area (Å²) in [6.45, 7) is 2.08. The van der Waals surface area contributed by atoms with Gasteiger partial charge in [0.1, 0.15) is 6.04 Å². The van der Waals surface area contributed by atoms with Crippen LogP contribution in [0.25, 0.3) is 0 Å². The maximum absolute atomic E-state index is 11.8. The lowest BCUT2D eigenvalue weighted by molar-refractivity contribution is -0.138. The number of carbonyl (C=O) groups is 2. The van der Waals surface area contributed by atoms with Crippen molar-refractivity contribution < 1.29 is 14.7 Å². The van der Waals surface area contributed by atoms with Crippen molar-refractivity contribution in [2.75, 3.05) is 6.54 Å². The predicted octanol–water partition coefficient (Wildman–Crippen LogP) is 0.913. The van der Waals surface area contributed by atoms with Gasteiger partial charge >= 0.3 is 5.97 Å². The molecule has 1 aromatic rings. The first-order valence-corrected chi connectivity index (χ1v) is 5.80. The summed E-state index contributed by atoms with van der Waals surface area (Å²) in [5.41, 5.74) is 6.53. The van der Waals surface area contributed by atoms with Gasteiger partial charge in [-0.1, -0.05) is 37.3 Å². The lowest BCUT2D eigenvalue weighted by atomic mass is 10.1. The monoisotopic (exact) mass is 250 g/mol. The minimum absolute atomic E-state index is 0.0286. The average molecular weight is 250 g/mol. The Morgan fingerprint density at radius 3 is 2.50 bits per heavy atom. The summed E-state index contributed by atoms with van der Waals surface area (Å²) in [4.78, 5) is 22.2. The van der Waals surface area contributed by atoms with Gasteiger partial charge in [-0.25, -0.2) is 0 Å². The molecule has 5 nitrogen and oxygen atoms in total. The van der Waals surface area contributed by atoms with E-state index in [1.165, 1.54) is 0 Å². The van der Waals surface area contributed by atoms with Crippen LogP contribution in [-0.2, 0) is 9.59 Å². The minimum Gasteiger partial charge on any atom is -0.481 e. The quantitative estimate of drug-likeness (QED) is 0.699. The fourth-order valence-electron chi connectivity index (χ4n) is 1.57. The molecule has 5 heteroatoms. The Labute approximate surface area is 106 Å². The van der Waals surface area contributed by atoms with Crippen molar-refractivity contribution in [3.8, 4) is 0 Å². The average Bonchev–Trinajstić information content (AvgIpc) is 2.35. The summed E-state index contributed by atoms with van der Waals surface area (Å²) in [6, 6.07) is 8.33. The lowest BCUT2D eigenvalue weighted by Gasteiger charge is -2.14. The smallest absolute Gasteiger partial charge is 0.303 e. The van der Waals surface area contributed by atoms with Crippen LogP contribution in [0.2, 0.25) is 0 Å². The van der Waals surface area contributed by atoms with Gasteiger partial charge in [-0.05, 0) is 11.5 Å². The van der Waals surface area contributed by atoms with Crippen LogP contribution in [0.4, 0.5) is 0 Å². The number of carboxylic acids is 1. The minimum atomic E-state index is -0.871. The van der Waals surface area contributed by atoms with Gasteiger partial charge in [-0.3, -0.25) is 9.59 Å². The van der Waals surface area contributed by atoms with Gasteiger partial charge in [0.2, 0.25) is 5.91 Å². The van der Waals surface area contributed by atoms with Crippen LogP contribution in [0.3, 0.4) is 0 Å². The van der Waals surface area contributed by atoms with Crippen LogP contribution in [0.15, 0.2) is 30.3 Å². The van der Waals surface area contributed by atoms with E-state index in [1.807, 2.05) is 18.2 Å². The van der Waals surface area contributed by atoms with Crippen LogP contribution in [0.1, 0.15) is 24.9 Å². The zero-order chi connectivity index (χ0) is 13.5. The Morgan fingerprint density at radius 2 is 1.94 bits per heavy atom. The molecule has 0 radical (unpaired) electrons. The van der Waals surface area contributed by atoms with Gasteiger partial charge in [0.25, 0.3) is 0 Å². The Kier molecular flexibility index (Phi) is 5.32. The summed E-state index contributed by atoms with van der Waals surface area (Å²) in [6.07, 6.45) is 0.0286. The summed E-state index contributed by atoms with van der Waals surface area (Å²) in [7, 11) is 0. The van der Waals surface area contributed by atoms with E-state index in [0.29, 0.717) is 6.54 Å². The molecule has 0 aliphatic rings. The van der Waals surface area contributed by atoms with Crippen LogP contribution >= 0.6 is 0 Å². The number of benzene rings is 1. The van der Waals surface area contributed by atoms with Gasteiger partial charge in [-0.15, -0.1) is 0 Å². The van der Waals surface area contributed by atoms with Crippen molar-refractivity contribution >= 4 is 11.9 Å². The highest BCUT2D eigenvalue weighted by molar-refractivity contribution is 5.82. The molecule has 0 aliphatic carbocycles. The number of amides is 1. The largest absolute Gasteiger partial charge is 0.481 e. The number of rotatable bonds is 6. The molecule has 0 saturated carbocycles. The fourth-order valence-corrected chi connectivity index (χ4v) is 1.57. The summed E-state index contributed by atoms with van der Waals surface area (Å²) < 4.78 is 0. The van der Waals surface area contributed by atoms with Crippen molar-refractivity contribution in [1.82, 2.24) is 5.32 Å². The molecule has 0 aliphatic heterocycles. The Bertz CT molecular complexity index is 406. The normalized spacial score (nSPS) is 13.7. The van der Waals surface area contributed by atoms with Gasteiger partial charge in [-0.2, -0.15) is 0 Å². The number of nitrogens with two attached hydrogens (primary N) is 1. The number of hydrogen-bond donors (Lipinski definition) is 3. The van der Waals surface area contributed by atoms with Crippen molar-refractivity contribution in [3.05, 3.63) is 35.9 Å². The number of carbonyl (C=O) groups excluding carboxylic acids is 1. The molecular formula is C13H18N2O3. The third kappa shape index (κ3) is 4.55. The molecule has 0 aromatic heterocycles. The second-order valence-corrected chi connectivity index (χ2v) is 4.34. The fraction of sp³-hybridized carbons (Fsp3) is 0.385. The van der Waals surface area contributed by atoms with Gasteiger partial charge in [0.05, 0.1) is 0 Å². The van der Waals surface area contributed by atoms with Crippen LogP contribution in [0, 0.1) is 5.92 Å². The molecule has 4 N–H and O–H groups in total. The van der Waals surface area contributed by atoms with E-state index in [4.69, 9.17) is 10.8 Å². The predicted molar refractivity (Wildman–Crippen MR) is 67.8 cm³/mol. The van der Waals surface area contributed by atoms with E-state index >= 15 is 0 Å². The molecule has 1 aromatic carbocycles. The maximum Gasteiger partial charge on any atom is 0.303 e. The Hall–Kier alpha value is -1.88. The highest BCUT2D eigenvalue weighted by atomic mass is 16.4. The molecule has 1 unspecified atom stereocenters. The second kappa shape index (κ2) is 6.76. The standard InChI is InChI=1S/C13H18N2O3/c1-9(7-11(16)17)8-15-13(18)12(14)10-5-3-2-4-6-10/h2-6,9,12H,7-8,14H2,1H3,(H,15,18)(H,16,17)/t9?,12-/m1/s1. The third-order valence-electron chi connectivity index (χ3n) is 2.59. The van der Waals surface area contributed by atoms with Crippen molar-refractivity contribution in [3.63, 3.8) is 0 Å². The number of nitrogens with one attached hydrogen (secondary N) is 1. The highest BCUT2D eigenvalue weighted by Crippen LogP contribution is 2.09. The SMILES string of the molecule is CC(CNC(=O)[C@H](N)c1ccccc1)CC(=O)O. The molecule has 98 valence electrons. The maximum atomic E-state index is 11.8. The van der Waals surface area contributed by atoms with Gasteiger partial charge < -0.3 is 16.2 Å². The van der Waals surface area contributed by atoms with E-state index in [2.05, 4.69) is 5.32 Å². The lowest BCUT2D eigenvalue weighted by Crippen LogP contribution is -2.36. The molecule has 1 rings (SSSR count). The van der Waals surface area contributed by atoms with Gasteiger partial charge in [0, 0.05) is 13.0 Å². The zero-order valence-electron chi connectivity index (χ0n) is 10.3. The Morgan fingerprint density at radius 1 is 1.33 bits per heavy atom. The number of carboxylic acid groups (broad SMARTS) is 1. The first-order chi connectivity index (χ1) is 8.50. The van der Waals surface area contributed by atoms with Crippen LogP contribution in [-0.4, -0.2) is 23.5 Å². The summed E-state index contributed by atoms with van der Waals surface area (Å²) in [5, 5.41) is 11.3. The van der Waals surface area contributed by atoms with Crippen LogP contribution in [0.5, 0.6) is 0 Å².